The lowest BCUT2D eigenvalue weighted by Gasteiger charge is -2.27. The average Bonchev–Trinajstić information content (AvgIpc) is 2.50. The molecule has 3 N–H and O–H groups in total. The van der Waals surface area contributed by atoms with E-state index in [-0.39, 0.29) is 29.1 Å². The molecule has 0 aliphatic carbocycles. The molecule has 1 aromatic carbocycles. The monoisotopic (exact) mass is 330 g/mol. The Morgan fingerprint density at radius 3 is 2.38 bits per heavy atom. The van der Waals surface area contributed by atoms with E-state index in [2.05, 4.69) is 31.3 Å². The average molecular weight is 331 g/mol. The number of hydrogen-bond acceptors (Lipinski definition) is 3. The van der Waals surface area contributed by atoms with Crippen LogP contribution in [0.2, 0.25) is 0 Å². The standard InChI is InChI=1S/C16H26N2OS.ClH/c1-4-16(17,5-2)12-18-15(19)13(3)20-11-14-9-7-6-8-10-14;/h6-10,13H,4-5,11-12,17H2,1-3H3,(H,18,19);1H. The fourth-order valence-electron chi connectivity index (χ4n) is 1.78. The van der Waals surface area contributed by atoms with E-state index in [1.165, 1.54) is 5.56 Å². The maximum absolute atomic E-state index is 12.1. The number of carbonyl (C=O) groups excluding carboxylic acids is 1. The van der Waals surface area contributed by atoms with Crippen LogP contribution in [0, 0.1) is 0 Å². The van der Waals surface area contributed by atoms with Gasteiger partial charge in [-0.2, -0.15) is 0 Å². The third-order valence-electron chi connectivity index (χ3n) is 3.73. The molecule has 0 radical (unpaired) electrons. The van der Waals surface area contributed by atoms with Crippen molar-refractivity contribution in [3.63, 3.8) is 0 Å². The van der Waals surface area contributed by atoms with E-state index in [9.17, 15) is 4.79 Å². The van der Waals surface area contributed by atoms with Gasteiger partial charge in [-0.25, -0.2) is 0 Å². The highest BCUT2D eigenvalue weighted by molar-refractivity contribution is 7.99. The summed E-state index contributed by atoms with van der Waals surface area (Å²) in [5.74, 6) is 0.924. The summed E-state index contributed by atoms with van der Waals surface area (Å²) >= 11 is 1.65. The zero-order valence-electron chi connectivity index (χ0n) is 13.1. The van der Waals surface area contributed by atoms with Crippen molar-refractivity contribution in [1.82, 2.24) is 5.32 Å². The lowest BCUT2D eigenvalue weighted by Crippen LogP contribution is -2.50. The smallest absolute Gasteiger partial charge is 0.232 e. The van der Waals surface area contributed by atoms with E-state index in [4.69, 9.17) is 5.73 Å². The molecule has 0 aliphatic rings. The van der Waals surface area contributed by atoms with Gasteiger partial charge in [0.05, 0.1) is 5.25 Å². The molecular formula is C16H27ClN2OS. The van der Waals surface area contributed by atoms with Gasteiger partial charge < -0.3 is 11.1 Å². The van der Waals surface area contributed by atoms with Gasteiger partial charge in [0.1, 0.15) is 0 Å². The lowest BCUT2D eigenvalue weighted by atomic mass is 9.94. The van der Waals surface area contributed by atoms with Gasteiger partial charge in [0.15, 0.2) is 0 Å². The number of thioether (sulfide) groups is 1. The molecular weight excluding hydrogens is 304 g/mol. The maximum atomic E-state index is 12.1. The molecule has 0 heterocycles. The van der Waals surface area contributed by atoms with Crippen LogP contribution in [-0.4, -0.2) is 23.2 Å². The lowest BCUT2D eigenvalue weighted by molar-refractivity contribution is -0.120. The van der Waals surface area contributed by atoms with Crippen molar-refractivity contribution in [3.8, 4) is 0 Å². The largest absolute Gasteiger partial charge is 0.353 e. The normalized spacial score (nSPS) is 12.4. The van der Waals surface area contributed by atoms with Crippen LogP contribution in [0.15, 0.2) is 30.3 Å². The maximum Gasteiger partial charge on any atom is 0.232 e. The van der Waals surface area contributed by atoms with E-state index in [1.807, 2.05) is 25.1 Å². The van der Waals surface area contributed by atoms with Gasteiger partial charge >= 0.3 is 0 Å². The molecule has 1 amide bonds. The van der Waals surface area contributed by atoms with Crippen molar-refractivity contribution in [1.29, 1.82) is 0 Å². The van der Waals surface area contributed by atoms with Crippen LogP contribution in [0.25, 0.3) is 0 Å². The summed E-state index contributed by atoms with van der Waals surface area (Å²) < 4.78 is 0. The zero-order valence-corrected chi connectivity index (χ0v) is 14.7. The van der Waals surface area contributed by atoms with Crippen LogP contribution >= 0.6 is 24.2 Å². The summed E-state index contributed by atoms with van der Waals surface area (Å²) in [6, 6.07) is 10.2. The Morgan fingerprint density at radius 2 is 1.86 bits per heavy atom. The Kier molecular flexibility index (Phi) is 9.75. The minimum Gasteiger partial charge on any atom is -0.353 e. The summed E-state index contributed by atoms with van der Waals surface area (Å²) in [5.41, 5.74) is 7.15. The Balaban J connectivity index is 0.00000400. The molecule has 1 aromatic rings. The van der Waals surface area contributed by atoms with Gasteiger partial charge in [0, 0.05) is 17.8 Å². The van der Waals surface area contributed by atoms with Gasteiger partial charge in [-0.1, -0.05) is 44.2 Å². The molecule has 0 bridgehead atoms. The van der Waals surface area contributed by atoms with E-state index in [0.29, 0.717) is 6.54 Å². The number of amides is 1. The number of carbonyl (C=O) groups is 1. The second-order valence-electron chi connectivity index (χ2n) is 5.23. The predicted molar refractivity (Wildman–Crippen MR) is 95.0 cm³/mol. The predicted octanol–water partition coefficient (Wildman–Crippen LogP) is 3.36. The Morgan fingerprint density at radius 1 is 1.29 bits per heavy atom. The SMILES string of the molecule is CCC(N)(CC)CNC(=O)C(C)SCc1ccccc1.Cl. The number of rotatable bonds is 8. The van der Waals surface area contributed by atoms with Crippen LogP contribution in [0.1, 0.15) is 39.2 Å². The molecule has 1 unspecified atom stereocenters. The zero-order chi connectivity index (χ0) is 15.0. The van der Waals surface area contributed by atoms with Gasteiger partial charge in [-0.15, -0.1) is 24.2 Å². The molecule has 3 nitrogen and oxygen atoms in total. The molecule has 0 saturated heterocycles. The Labute approximate surface area is 138 Å². The molecule has 0 saturated carbocycles. The first-order valence-corrected chi connectivity index (χ1v) is 8.27. The third kappa shape index (κ3) is 7.21. The minimum atomic E-state index is -0.278. The molecule has 1 rings (SSSR count). The van der Waals surface area contributed by atoms with E-state index in [1.54, 1.807) is 11.8 Å². The summed E-state index contributed by atoms with van der Waals surface area (Å²) in [5, 5.41) is 2.91. The molecule has 0 aromatic heterocycles. The van der Waals surface area contributed by atoms with Crippen LogP contribution < -0.4 is 11.1 Å². The first-order valence-electron chi connectivity index (χ1n) is 7.23. The van der Waals surface area contributed by atoms with Crippen LogP contribution in [0.3, 0.4) is 0 Å². The van der Waals surface area contributed by atoms with E-state index >= 15 is 0 Å². The molecule has 0 fully saturated rings. The van der Waals surface area contributed by atoms with Crippen LogP contribution in [0.5, 0.6) is 0 Å². The van der Waals surface area contributed by atoms with Crippen molar-refractivity contribution >= 4 is 30.1 Å². The number of nitrogens with two attached hydrogens (primary N) is 1. The molecule has 0 spiro atoms. The van der Waals surface area contributed by atoms with Gasteiger partial charge in [-0.05, 0) is 25.3 Å². The summed E-state index contributed by atoms with van der Waals surface area (Å²) in [7, 11) is 0. The van der Waals surface area contributed by atoms with Gasteiger partial charge in [0.2, 0.25) is 5.91 Å². The fraction of sp³-hybridized carbons (Fsp3) is 0.562. The van der Waals surface area contributed by atoms with E-state index in [0.717, 1.165) is 18.6 Å². The van der Waals surface area contributed by atoms with Crippen molar-refractivity contribution in [2.24, 2.45) is 5.73 Å². The van der Waals surface area contributed by atoms with Crippen molar-refractivity contribution in [3.05, 3.63) is 35.9 Å². The minimum absolute atomic E-state index is 0. The molecule has 21 heavy (non-hydrogen) atoms. The quantitative estimate of drug-likeness (QED) is 0.768. The number of benzene rings is 1. The second-order valence-corrected chi connectivity index (χ2v) is 6.56. The first kappa shape index (κ1) is 20.3. The molecule has 120 valence electrons. The Bertz CT molecular complexity index is 410. The molecule has 0 aliphatic heterocycles. The highest BCUT2D eigenvalue weighted by Crippen LogP contribution is 2.18. The summed E-state index contributed by atoms with van der Waals surface area (Å²) in [6.07, 6.45) is 1.74. The highest BCUT2D eigenvalue weighted by atomic mass is 35.5. The molecule has 1 atom stereocenters. The fourth-order valence-corrected chi connectivity index (χ4v) is 2.65. The van der Waals surface area contributed by atoms with Crippen molar-refractivity contribution < 1.29 is 4.79 Å². The van der Waals surface area contributed by atoms with Crippen LogP contribution in [0.4, 0.5) is 0 Å². The third-order valence-corrected chi connectivity index (χ3v) is 4.95. The van der Waals surface area contributed by atoms with Gasteiger partial charge in [-0.3, -0.25) is 4.79 Å². The topological polar surface area (TPSA) is 55.1 Å². The van der Waals surface area contributed by atoms with Gasteiger partial charge in [0.25, 0.3) is 0 Å². The Hall–Kier alpha value is -0.710. The van der Waals surface area contributed by atoms with E-state index < -0.39 is 0 Å². The first-order chi connectivity index (χ1) is 9.50. The van der Waals surface area contributed by atoms with Crippen LogP contribution in [-0.2, 0) is 10.5 Å². The highest BCUT2D eigenvalue weighted by Gasteiger charge is 2.22. The summed E-state index contributed by atoms with van der Waals surface area (Å²) in [4.78, 5) is 12.1. The summed E-state index contributed by atoms with van der Waals surface area (Å²) in [6.45, 7) is 6.61. The molecule has 5 heteroatoms. The number of halogens is 1. The number of hydrogen-bond donors (Lipinski definition) is 2. The second kappa shape index (κ2) is 10.1. The number of nitrogens with one attached hydrogen (secondary N) is 1. The van der Waals surface area contributed by atoms with Crippen molar-refractivity contribution in [2.45, 2.75) is 50.2 Å². The van der Waals surface area contributed by atoms with Crippen molar-refractivity contribution in [2.75, 3.05) is 6.54 Å².